The van der Waals surface area contributed by atoms with Crippen molar-refractivity contribution in [2.75, 3.05) is 6.54 Å². The molecule has 0 aromatic heterocycles. The number of rotatable bonds is 6. The molecule has 3 amide bonds. The Hall–Kier alpha value is -1.30. The van der Waals surface area contributed by atoms with Crippen molar-refractivity contribution in [2.24, 2.45) is 11.8 Å². The monoisotopic (exact) mass is 404 g/mol. The number of carbonyl (C=O) groups is 3. The van der Waals surface area contributed by atoms with Gasteiger partial charge in [0.25, 0.3) is 11.8 Å². The van der Waals surface area contributed by atoms with E-state index in [0.29, 0.717) is 28.7 Å². The van der Waals surface area contributed by atoms with Crippen LogP contribution in [0.5, 0.6) is 0 Å². The molecule has 0 spiro atoms. The third-order valence-electron chi connectivity index (χ3n) is 6.93. The summed E-state index contributed by atoms with van der Waals surface area (Å²) in [4.78, 5) is 39.6. The molecule has 0 radical (unpaired) electrons. The Balaban J connectivity index is 1.22. The lowest BCUT2D eigenvalue weighted by Crippen LogP contribution is -2.40. The van der Waals surface area contributed by atoms with E-state index < -0.39 is 0 Å². The molecule has 3 aliphatic carbocycles. The van der Waals surface area contributed by atoms with E-state index >= 15 is 0 Å². The van der Waals surface area contributed by atoms with E-state index in [1.54, 1.807) is 17.8 Å². The molecule has 0 atom stereocenters. The highest BCUT2D eigenvalue weighted by Gasteiger charge is 2.36. The summed E-state index contributed by atoms with van der Waals surface area (Å²) in [6, 6.07) is 0.381. The summed E-state index contributed by atoms with van der Waals surface area (Å²) in [5.74, 6) is 0.409. The second kappa shape index (κ2) is 9.02. The number of nitrogens with zero attached hydrogens (tertiary/aromatic N) is 1. The molecule has 28 heavy (non-hydrogen) atoms. The largest absolute Gasteiger partial charge is 0.353 e. The number of carbonyl (C=O) groups excluding carboxylic acids is 3. The van der Waals surface area contributed by atoms with Gasteiger partial charge in [-0.05, 0) is 57.3 Å². The Morgan fingerprint density at radius 1 is 0.964 bits per heavy atom. The molecule has 1 heterocycles. The van der Waals surface area contributed by atoms with Crippen LogP contribution in [0.25, 0.3) is 0 Å². The van der Waals surface area contributed by atoms with Gasteiger partial charge >= 0.3 is 0 Å². The second-order valence-electron chi connectivity index (χ2n) is 8.99. The van der Waals surface area contributed by atoms with Crippen LogP contribution in [0.1, 0.15) is 77.0 Å². The molecule has 6 heteroatoms. The molecule has 5 nitrogen and oxygen atoms in total. The first-order valence-corrected chi connectivity index (χ1v) is 12.0. The van der Waals surface area contributed by atoms with Crippen molar-refractivity contribution in [3.63, 3.8) is 0 Å². The third-order valence-corrected chi connectivity index (χ3v) is 8.28. The molecule has 3 saturated carbocycles. The maximum atomic E-state index is 12.7. The van der Waals surface area contributed by atoms with Crippen LogP contribution in [0.3, 0.4) is 0 Å². The second-order valence-corrected chi connectivity index (χ2v) is 10.3. The fourth-order valence-electron chi connectivity index (χ4n) is 5.18. The van der Waals surface area contributed by atoms with Crippen molar-refractivity contribution in [2.45, 2.75) is 88.3 Å². The maximum Gasteiger partial charge on any atom is 0.267 e. The van der Waals surface area contributed by atoms with Gasteiger partial charge in [0.1, 0.15) is 0 Å². The first-order chi connectivity index (χ1) is 13.6. The Morgan fingerprint density at radius 2 is 1.61 bits per heavy atom. The molecular formula is C22H32N2O3S. The first kappa shape index (κ1) is 20.0. The van der Waals surface area contributed by atoms with Gasteiger partial charge in [0.05, 0.1) is 4.91 Å². The molecule has 154 valence electrons. The molecular weight excluding hydrogens is 372 g/mol. The lowest BCUT2D eigenvalue weighted by atomic mass is 9.81. The normalized spacial score (nSPS) is 29.6. The highest BCUT2D eigenvalue weighted by Crippen LogP contribution is 2.38. The predicted molar refractivity (Wildman–Crippen MR) is 110 cm³/mol. The first-order valence-electron chi connectivity index (χ1n) is 11.1. The van der Waals surface area contributed by atoms with Gasteiger partial charge in [-0.15, -0.1) is 11.8 Å². The summed E-state index contributed by atoms with van der Waals surface area (Å²) in [6.45, 7) is 0.514. The zero-order valence-corrected chi connectivity index (χ0v) is 17.5. The number of amides is 3. The lowest BCUT2D eigenvalue weighted by molar-refractivity contribution is -0.138. The molecule has 0 aromatic rings. The molecule has 3 fully saturated rings. The number of nitrogens with one attached hydrogen (secondary N) is 1. The van der Waals surface area contributed by atoms with Gasteiger partial charge < -0.3 is 5.32 Å². The molecule has 4 aliphatic rings. The summed E-state index contributed by atoms with van der Waals surface area (Å²) < 4.78 is 0. The topological polar surface area (TPSA) is 66.5 Å². The van der Waals surface area contributed by atoms with E-state index in [2.05, 4.69) is 5.32 Å². The number of hydrogen-bond acceptors (Lipinski definition) is 4. The van der Waals surface area contributed by atoms with Gasteiger partial charge in [-0.25, -0.2) is 0 Å². The Labute approximate surface area is 172 Å². The predicted octanol–water partition coefficient (Wildman–Crippen LogP) is 3.78. The molecule has 1 N–H and O–H groups in total. The fourth-order valence-corrected chi connectivity index (χ4v) is 6.49. The molecule has 1 aliphatic heterocycles. The zero-order valence-electron chi connectivity index (χ0n) is 16.7. The van der Waals surface area contributed by atoms with E-state index in [4.69, 9.17) is 0 Å². The zero-order chi connectivity index (χ0) is 19.5. The SMILES string of the molecule is O=C(NC1CCCC1)C1CCC(CN2C(=O)C=C(SC3CCCC3)C2=O)CC1. The summed E-state index contributed by atoms with van der Waals surface area (Å²) in [5.41, 5.74) is 0. The highest BCUT2D eigenvalue weighted by atomic mass is 32.2. The van der Waals surface area contributed by atoms with Crippen molar-refractivity contribution in [1.82, 2.24) is 10.2 Å². The molecule has 0 aromatic carbocycles. The van der Waals surface area contributed by atoms with E-state index in [0.717, 1.165) is 51.4 Å². The van der Waals surface area contributed by atoms with E-state index in [9.17, 15) is 14.4 Å². The van der Waals surface area contributed by atoms with Crippen molar-refractivity contribution >= 4 is 29.5 Å². The molecule has 0 unspecified atom stereocenters. The Morgan fingerprint density at radius 3 is 2.29 bits per heavy atom. The van der Waals surface area contributed by atoms with Gasteiger partial charge in [0.15, 0.2) is 0 Å². The third kappa shape index (κ3) is 4.64. The summed E-state index contributed by atoms with van der Waals surface area (Å²) in [6.07, 6.45) is 14.6. The average Bonchev–Trinajstić information content (AvgIpc) is 3.43. The van der Waals surface area contributed by atoms with Gasteiger partial charge in [-0.1, -0.05) is 25.7 Å². The highest BCUT2D eigenvalue weighted by molar-refractivity contribution is 8.04. The minimum absolute atomic E-state index is 0.0944. The van der Waals surface area contributed by atoms with Crippen LogP contribution in [0.4, 0.5) is 0 Å². The van der Waals surface area contributed by atoms with Crippen molar-refractivity contribution in [3.8, 4) is 0 Å². The van der Waals surface area contributed by atoms with Crippen LogP contribution >= 0.6 is 11.8 Å². The number of imide groups is 1. The average molecular weight is 405 g/mol. The van der Waals surface area contributed by atoms with Crippen molar-refractivity contribution < 1.29 is 14.4 Å². The van der Waals surface area contributed by atoms with Gasteiger partial charge in [0.2, 0.25) is 5.91 Å². The van der Waals surface area contributed by atoms with E-state index in [1.807, 2.05) is 0 Å². The Kier molecular flexibility index (Phi) is 6.44. The smallest absolute Gasteiger partial charge is 0.267 e. The molecule has 0 saturated heterocycles. The number of hydrogen-bond donors (Lipinski definition) is 1. The maximum absolute atomic E-state index is 12.7. The van der Waals surface area contributed by atoms with Gasteiger partial charge in [-0.2, -0.15) is 0 Å². The van der Waals surface area contributed by atoms with Gasteiger partial charge in [-0.3, -0.25) is 19.3 Å². The quantitative estimate of drug-likeness (QED) is 0.684. The molecule has 0 bridgehead atoms. The molecule has 4 rings (SSSR count). The van der Waals surface area contributed by atoms with E-state index in [1.165, 1.54) is 30.6 Å². The summed E-state index contributed by atoms with van der Waals surface area (Å²) in [7, 11) is 0. The minimum atomic E-state index is -0.147. The summed E-state index contributed by atoms with van der Waals surface area (Å²) >= 11 is 1.61. The minimum Gasteiger partial charge on any atom is -0.353 e. The van der Waals surface area contributed by atoms with Crippen LogP contribution in [0, 0.1) is 11.8 Å². The van der Waals surface area contributed by atoms with Crippen molar-refractivity contribution in [3.05, 3.63) is 11.0 Å². The van der Waals surface area contributed by atoms with Crippen LogP contribution in [0.15, 0.2) is 11.0 Å². The van der Waals surface area contributed by atoms with E-state index in [-0.39, 0.29) is 23.6 Å². The van der Waals surface area contributed by atoms with Gasteiger partial charge in [0, 0.05) is 29.8 Å². The van der Waals surface area contributed by atoms with Crippen LogP contribution < -0.4 is 5.32 Å². The summed E-state index contributed by atoms with van der Waals surface area (Å²) in [5, 5.41) is 3.72. The fraction of sp³-hybridized carbons (Fsp3) is 0.773. The Bertz CT molecular complexity index is 642. The van der Waals surface area contributed by atoms with Crippen molar-refractivity contribution in [1.29, 1.82) is 0 Å². The standard InChI is InChI=1S/C22H32N2O3S/c25-20-13-19(28-18-7-3-4-8-18)22(27)24(20)14-15-9-11-16(12-10-15)21(26)23-17-5-1-2-6-17/h13,15-18H,1-12,14H2,(H,23,26). The number of thioether (sulfide) groups is 1. The van der Waals surface area contributed by atoms with Crippen LogP contribution in [0.2, 0.25) is 0 Å². The van der Waals surface area contributed by atoms with Crippen LogP contribution in [-0.4, -0.2) is 40.5 Å². The lowest BCUT2D eigenvalue weighted by Gasteiger charge is -2.30. The van der Waals surface area contributed by atoms with Crippen LogP contribution in [-0.2, 0) is 14.4 Å².